The number of nitrogens with zero attached hydrogens (tertiary/aromatic N) is 2. The van der Waals surface area contributed by atoms with Crippen molar-refractivity contribution in [1.29, 1.82) is 0 Å². The molecule has 5 heteroatoms. The molecule has 3 aliphatic carbocycles. The van der Waals surface area contributed by atoms with Crippen molar-refractivity contribution in [3.8, 4) is 5.75 Å². The Bertz CT molecular complexity index is 1440. The van der Waals surface area contributed by atoms with Crippen molar-refractivity contribution in [2.45, 2.75) is 90.8 Å². The quantitative estimate of drug-likeness (QED) is 0.362. The molecule has 3 aromatic rings. The molecule has 2 aromatic heterocycles. The van der Waals surface area contributed by atoms with Gasteiger partial charge in [-0.25, -0.2) is 0 Å². The Balaban J connectivity index is 1.16. The fourth-order valence-electron chi connectivity index (χ4n) is 8.17. The van der Waals surface area contributed by atoms with Crippen LogP contribution in [0.4, 0.5) is 0 Å². The van der Waals surface area contributed by atoms with Crippen LogP contribution in [-0.2, 0) is 6.61 Å². The van der Waals surface area contributed by atoms with Gasteiger partial charge in [-0.3, -0.25) is 9.59 Å². The molecule has 3 aliphatic rings. The summed E-state index contributed by atoms with van der Waals surface area (Å²) in [6.07, 6.45) is 14.2. The molecule has 2 heterocycles. The van der Waals surface area contributed by atoms with Crippen LogP contribution in [0.2, 0.25) is 0 Å². The van der Waals surface area contributed by atoms with E-state index in [-0.39, 0.29) is 10.9 Å². The second kappa shape index (κ2) is 10.8. The van der Waals surface area contributed by atoms with Crippen molar-refractivity contribution in [2.24, 2.45) is 23.7 Å². The Kier molecular flexibility index (Phi) is 7.26. The lowest BCUT2D eigenvalue weighted by Crippen LogP contribution is -2.40. The molecule has 0 bridgehead atoms. The van der Waals surface area contributed by atoms with E-state index in [1.807, 2.05) is 56.6 Å². The summed E-state index contributed by atoms with van der Waals surface area (Å²) in [7, 11) is 0. The van der Waals surface area contributed by atoms with E-state index in [4.69, 9.17) is 4.74 Å². The summed E-state index contributed by atoms with van der Waals surface area (Å²) in [6, 6.07) is 14.4. The fourth-order valence-corrected chi connectivity index (χ4v) is 8.17. The van der Waals surface area contributed by atoms with Gasteiger partial charge in [0, 0.05) is 47.9 Å². The third kappa shape index (κ3) is 5.13. The summed E-state index contributed by atoms with van der Waals surface area (Å²) in [6.45, 7) is 6.53. The number of rotatable bonds is 5. The lowest BCUT2D eigenvalue weighted by molar-refractivity contribution is 0.0234. The number of hydrogen-bond acceptors (Lipinski definition) is 3. The molecule has 3 fully saturated rings. The normalized spacial score (nSPS) is 28.4. The van der Waals surface area contributed by atoms with E-state index in [0.717, 1.165) is 46.2 Å². The molecule has 0 amide bonds. The van der Waals surface area contributed by atoms with Crippen LogP contribution in [0, 0.1) is 44.4 Å². The SMILES string of the molecule is Cc1c(C)n(C2CCC3CC4CCC(n5ccc(=O)c(OCc6ccccc6)c5C)CC4CC3C2)ccc1=O. The van der Waals surface area contributed by atoms with Gasteiger partial charge in [-0.2, -0.15) is 0 Å². The first-order chi connectivity index (χ1) is 18.9. The topological polar surface area (TPSA) is 53.2 Å². The van der Waals surface area contributed by atoms with Gasteiger partial charge in [-0.1, -0.05) is 30.3 Å². The van der Waals surface area contributed by atoms with Crippen LogP contribution in [0.15, 0.2) is 64.4 Å². The van der Waals surface area contributed by atoms with Gasteiger partial charge in [0.2, 0.25) is 5.43 Å². The van der Waals surface area contributed by atoms with Crippen molar-refractivity contribution in [3.63, 3.8) is 0 Å². The van der Waals surface area contributed by atoms with Crippen molar-refractivity contribution >= 4 is 0 Å². The summed E-state index contributed by atoms with van der Waals surface area (Å²) >= 11 is 0. The van der Waals surface area contributed by atoms with Crippen molar-refractivity contribution < 1.29 is 4.74 Å². The van der Waals surface area contributed by atoms with Crippen molar-refractivity contribution in [2.75, 3.05) is 0 Å². The Hall–Kier alpha value is -3.08. The molecule has 0 N–H and O–H groups in total. The van der Waals surface area contributed by atoms with Gasteiger partial charge < -0.3 is 13.9 Å². The molecular weight excluding hydrogens is 484 g/mol. The van der Waals surface area contributed by atoms with E-state index >= 15 is 0 Å². The average Bonchev–Trinajstić information content (AvgIpc) is 2.95. The lowest BCUT2D eigenvalue weighted by atomic mass is 9.58. The summed E-state index contributed by atoms with van der Waals surface area (Å²) < 4.78 is 10.8. The van der Waals surface area contributed by atoms with Crippen LogP contribution in [0.1, 0.15) is 86.0 Å². The highest BCUT2D eigenvalue weighted by Gasteiger charge is 2.43. The fraction of sp³-hybridized carbons (Fsp3) is 0.529. The van der Waals surface area contributed by atoms with Crippen LogP contribution < -0.4 is 15.6 Å². The van der Waals surface area contributed by atoms with Crippen LogP contribution in [0.5, 0.6) is 5.75 Å². The first kappa shape index (κ1) is 26.2. The molecule has 6 unspecified atom stereocenters. The van der Waals surface area contributed by atoms with E-state index in [1.165, 1.54) is 51.4 Å². The number of pyridine rings is 2. The van der Waals surface area contributed by atoms with Gasteiger partial charge in [-0.05, 0) is 101 Å². The Morgan fingerprint density at radius 2 is 1.23 bits per heavy atom. The first-order valence-corrected chi connectivity index (χ1v) is 15.0. The van der Waals surface area contributed by atoms with Crippen LogP contribution >= 0.6 is 0 Å². The van der Waals surface area contributed by atoms with Crippen LogP contribution in [0.3, 0.4) is 0 Å². The largest absolute Gasteiger partial charge is 0.483 e. The minimum absolute atomic E-state index is 0.0323. The third-order valence-corrected chi connectivity index (χ3v) is 10.5. The smallest absolute Gasteiger partial charge is 0.223 e. The third-order valence-electron chi connectivity index (χ3n) is 10.5. The van der Waals surface area contributed by atoms with Gasteiger partial charge in [0.05, 0.1) is 5.69 Å². The molecule has 0 spiro atoms. The summed E-state index contributed by atoms with van der Waals surface area (Å²) in [5, 5.41) is 0. The maximum atomic E-state index is 12.7. The van der Waals surface area contributed by atoms with E-state index in [0.29, 0.717) is 24.4 Å². The molecule has 0 aliphatic heterocycles. The highest BCUT2D eigenvalue weighted by atomic mass is 16.5. The molecule has 5 nitrogen and oxygen atoms in total. The van der Waals surface area contributed by atoms with Crippen LogP contribution in [-0.4, -0.2) is 9.13 Å². The Morgan fingerprint density at radius 3 is 1.87 bits per heavy atom. The number of ether oxygens (including phenoxy) is 1. The van der Waals surface area contributed by atoms with Crippen molar-refractivity contribution in [1.82, 2.24) is 9.13 Å². The predicted molar refractivity (Wildman–Crippen MR) is 155 cm³/mol. The zero-order chi connectivity index (χ0) is 27.1. The monoisotopic (exact) mass is 526 g/mol. The van der Waals surface area contributed by atoms with Gasteiger partial charge in [-0.15, -0.1) is 0 Å². The summed E-state index contributed by atoms with van der Waals surface area (Å²) in [5.41, 5.74) is 4.17. The molecule has 0 saturated heterocycles. The average molecular weight is 527 g/mol. The zero-order valence-electron chi connectivity index (χ0n) is 23.6. The minimum Gasteiger partial charge on any atom is -0.483 e. The van der Waals surface area contributed by atoms with Gasteiger partial charge >= 0.3 is 0 Å². The Labute approximate surface area is 231 Å². The highest BCUT2D eigenvalue weighted by Crippen LogP contribution is 2.53. The van der Waals surface area contributed by atoms with E-state index < -0.39 is 0 Å². The number of benzene rings is 1. The molecule has 6 rings (SSSR count). The molecule has 206 valence electrons. The predicted octanol–water partition coefficient (Wildman–Crippen LogP) is 6.92. The lowest BCUT2D eigenvalue weighted by Gasteiger charge is -2.49. The van der Waals surface area contributed by atoms with E-state index in [1.54, 1.807) is 12.1 Å². The molecule has 6 atom stereocenters. The standard InChI is InChI=1S/C34H42N2O3/c1-22-23(2)35(15-13-32(22)37)30-11-9-26-17-27-10-12-31(20-29(27)18-28(26)19-30)36-16-14-33(38)34(24(36)3)39-21-25-7-5-4-6-8-25/h4-8,13-16,26-31H,9-12,17-21H2,1-3H3. The van der Waals surface area contributed by atoms with E-state index in [2.05, 4.69) is 16.1 Å². The second-order valence-corrected chi connectivity index (χ2v) is 12.5. The molecular formula is C34H42N2O3. The highest BCUT2D eigenvalue weighted by molar-refractivity contribution is 5.28. The number of hydrogen-bond donors (Lipinski definition) is 0. The summed E-state index contributed by atoms with van der Waals surface area (Å²) in [5.74, 6) is 3.70. The minimum atomic E-state index is -0.0323. The van der Waals surface area contributed by atoms with Gasteiger partial charge in [0.25, 0.3) is 0 Å². The van der Waals surface area contributed by atoms with Gasteiger partial charge in [0.15, 0.2) is 11.2 Å². The molecule has 3 saturated carbocycles. The molecule has 1 aromatic carbocycles. The number of fused-ring (bicyclic) bond motifs is 2. The zero-order valence-corrected chi connectivity index (χ0v) is 23.6. The van der Waals surface area contributed by atoms with Crippen molar-refractivity contribution in [3.05, 3.63) is 97.8 Å². The number of aromatic nitrogens is 2. The van der Waals surface area contributed by atoms with Gasteiger partial charge in [0.1, 0.15) is 6.61 Å². The molecule has 0 radical (unpaired) electrons. The maximum absolute atomic E-state index is 12.7. The molecule has 39 heavy (non-hydrogen) atoms. The second-order valence-electron chi connectivity index (χ2n) is 12.5. The maximum Gasteiger partial charge on any atom is 0.223 e. The Morgan fingerprint density at radius 1 is 0.667 bits per heavy atom. The first-order valence-electron chi connectivity index (χ1n) is 15.0. The van der Waals surface area contributed by atoms with Crippen LogP contribution in [0.25, 0.3) is 0 Å². The van der Waals surface area contributed by atoms with E-state index in [9.17, 15) is 9.59 Å². The summed E-state index contributed by atoms with van der Waals surface area (Å²) in [4.78, 5) is 24.9.